The van der Waals surface area contributed by atoms with Crippen molar-refractivity contribution < 1.29 is 4.39 Å². The van der Waals surface area contributed by atoms with Crippen molar-refractivity contribution in [3.05, 3.63) is 23.5 Å². The van der Waals surface area contributed by atoms with Crippen LogP contribution in [0.2, 0.25) is 0 Å². The molecule has 2 nitrogen and oxygen atoms in total. The molecule has 0 atom stereocenters. The quantitative estimate of drug-likeness (QED) is 0.790. The van der Waals surface area contributed by atoms with Crippen LogP contribution in [0.1, 0.15) is 44.6 Å². The Balaban J connectivity index is 2.08. The summed E-state index contributed by atoms with van der Waals surface area (Å²) in [6.07, 6.45) is 6.42. The minimum absolute atomic E-state index is 0.232. The maximum Gasteiger partial charge on any atom is 0.128 e. The topological polar surface area (TPSA) is 38.0 Å². The van der Waals surface area contributed by atoms with Crippen LogP contribution in [0.4, 0.5) is 15.8 Å². The van der Waals surface area contributed by atoms with Crippen molar-refractivity contribution in [2.45, 2.75) is 46.0 Å². The third-order valence-electron chi connectivity index (χ3n) is 4.40. The van der Waals surface area contributed by atoms with Gasteiger partial charge in [0.25, 0.3) is 0 Å². The maximum atomic E-state index is 13.3. The minimum atomic E-state index is -0.232. The van der Waals surface area contributed by atoms with E-state index in [1.54, 1.807) is 6.92 Å². The lowest BCUT2D eigenvalue weighted by Crippen LogP contribution is -2.26. The normalized spacial score (nSPS) is 17.9. The van der Waals surface area contributed by atoms with E-state index in [4.69, 9.17) is 5.73 Å². The van der Waals surface area contributed by atoms with E-state index in [1.807, 2.05) is 6.07 Å². The zero-order chi connectivity index (χ0) is 13.2. The van der Waals surface area contributed by atoms with Crippen LogP contribution in [0.3, 0.4) is 0 Å². The van der Waals surface area contributed by atoms with Gasteiger partial charge in [0.1, 0.15) is 5.82 Å². The van der Waals surface area contributed by atoms with Crippen LogP contribution in [0.15, 0.2) is 12.1 Å². The number of hydrogen-bond acceptors (Lipinski definition) is 2. The molecule has 3 N–H and O–H groups in total. The maximum absolute atomic E-state index is 13.3. The summed E-state index contributed by atoms with van der Waals surface area (Å²) in [5.74, 6) is -0.232. The van der Waals surface area contributed by atoms with E-state index in [0.717, 1.165) is 12.2 Å². The first kappa shape index (κ1) is 13.2. The summed E-state index contributed by atoms with van der Waals surface area (Å²) in [5, 5.41) is 3.42. The third kappa shape index (κ3) is 2.60. The number of rotatable bonds is 4. The van der Waals surface area contributed by atoms with Gasteiger partial charge in [0.2, 0.25) is 0 Å². The number of aryl methyl sites for hydroxylation is 1. The smallest absolute Gasteiger partial charge is 0.128 e. The van der Waals surface area contributed by atoms with Crippen molar-refractivity contribution in [3.63, 3.8) is 0 Å². The Morgan fingerprint density at radius 2 is 2.00 bits per heavy atom. The molecule has 2 rings (SSSR count). The van der Waals surface area contributed by atoms with Crippen molar-refractivity contribution >= 4 is 11.4 Å². The van der Waals surface area contributed by atoms with Gasteiger partial charge in [-0.25, -0.2) is 4.39 Å². The van der Waals surface area contributed by atoms with Crippen molar-refractivity contribution in [1.29, 1.82) is 0 Å². The molecule has 1 aromatic carbocycles. The average molecular weight is 250 g/mol. The summed E-state index contributed by atoms with van der Waals surface area (Å²) in [6, 6.07) is 3.22. The highest BCUT2D eigenvalue weighted by atomic mass is 19.1. The summed E-state index contributed by atoms with van der Waals surface area (Å²) >= 11 is 0. The molecule has 0 radical (unpaired) electrons. The molecule has 1 aliphatic carbocycles. The van der Waals surface area contributed by atoms with E-state index in [2.05, 4.69) is 12.2 Å². The van der Waals surface area contributed by atoms with E-state index in [9.17, 15) is 4.39 Å². The molecule has 0 amide bonds. The van der Waals surface area contributed by atoms with Crippen LogP contribution in [-0.2, 0) is 0 Å². The van der Waals surface area contributed by atoms with E-state index < -0.39 is 0 Å². The minimum Gasteiger partial charge on any atom is -0.397 e. The highest BCUT2D eigenvalue weighted by molar-refractivity contribution is 5.67. The second kappa shape index (κ2) is 5.17. The molecule has 1 fully saturated rings. The Morgan fingerprint density at radius 1 is 1.33 bits per heavy atom. The van der Waals surface area contributed by atoms with E-state index in [0.29, 0.717) is 16.7 Å². The van der Waals surface area contributed by atoms with Gasteiger partial charge in [-0.05, 0) is 49.3 Å². The molecule has 1 saturated carbocycles. The molecule has 0 saturated heterocycles. The van der Waals surface area contributed by atoms with Gasteiger partial charge in [0, 0.05) is 6.54 Å². The van der Waals surface area contributed by atoms with Crippen LogP contribution in [0, 0.1) is 18.2 Å². The largest absolute Gasteiger partial charge is 0.397 e. The average Bonchev–Trinajstić information content (AvgIpc) is 2.82. The molecular weight excluding hydrogens is 227 g/mol. The van der Waals surface area contributed by atoms with Gasteiger partial charge in [0.15, 0.2) is 0 Å². The van der Waals surface area contributed by atoms with Crippen LogP contribution in [0.25, 0.3) is 0 Å². The van der Waals surface area contributed by atoms with Crippen molar-refractivity contribution in [2.75, 3.05) is 17.6 Å². The van der Waals surface area contributed by atoms with Gasteiger partial charge >= 0.3 is 0 Å². The first-order valence-corrected chi connectivity index (χ1v) is 6.86. The zero-order valence-corrected chi connectivity index (χ0v) is 11.4. The van der Waals surface area contributed by atoms with Crippen LogP contribution in [-0.4, -0.2) is 6.54 Å². The number of halogens is 1. The molecule has 0 unspecified atom stereocenters. The SMILES string of the molecule is CCC1(CNc2cc(C)c(F)cc2N)CCCC1. The highest BCUT2D eigenvalue weighted by Crippen LogP contribution is 2.41. The predicted octanol–water partition coefficient (Wildman–Crippen LogP) is 4.10. The standard InChI is InChI=1S/C15H23FN2/c1-3-15(6-4-5-7-15)10-18-14-8-11(2)12(16)9-13(14)17/h8-9,18H,3-7,10,17H2,1-2H3. The van der Waals surface area contributed by atoms with Crippen molar-refractivity contribution in [2.24, 2.45) is 5.41 Å². The number of hydrogen-bond donors (Lipinski definition) is 2. The highest BCUT2D eigenvalue weighted by Gasteiger charge is 2.31. The van der Waals surface area contributed by atoms with Gasteiger partial charge in [-0.15, -0.1) is 0 Å². The first-order valence-electron chi connectivity index (χ1n) is 6.86. The summed E-state index contributed by atoms with van der Waals surface area (Å²) < 4.78 is 13.3. The van der Waals surface area contributed by atoms with E-state index in [-0.39, 0.29) is 5.82 Å². The van der Waals surface area contributed by atoms with Crippen LogP contribution in [0.5, 0.6) is 0 Å². The van der Waals surface area contributed by atoms with Gasteiger partial charge < -0.3 is 11.1 Å². The Morgan fingerprint density at radius 3 is 2.61 bits per heavy atom. The fourth-order valence-electron chi connectivity index (χ4n) is 2.91. The second-order valence-electron chi connectivity index (χ2n) is 5.60. The van der Waals surface area contributed by atoms with Gasteiger partial charge in [-0.1, -0.05) is 19.8 Å². The lowest BCUT2D eigenvalue weighted by molar-refractivity contribution is 0.307. The molecule has 1 aromatic rings. The molecule has 0 heterocycles. The van der Waals surface area contributed by atoms with Crippen LogP contribution < -0.4 is 11.1 Å². The lowest BCUT2D eigenvalue weighted by Gasteiger charge is -2.28. The molecule has 0 aromatic heterocycles. The Bertz CT molecular complexity index is 423. The number of nitrogen functional groups attached to an aromatic ring is 1. The number of nitrogens with two attached hydrogens (primary N) is 1. The van der Waals surface area contributed by atoms with Gasteiger partial charge in [-0.2, -0.15) is 0 Å². The Kier molecular flexibility index (Phi) is 3.79. The molecule has 18 heavy (non-hydrogen) atoms. The van der Waals surface area contributed by atoms with Crippen molar-refractivity contribution in [3.8, 4) is 0 Å². The monoisotopic (exact) mass is 250 g/mol. The van der Waals surface area contributed by atoms with Gasteiger partial charge in [-0.3, -0.25) is 0 Å². The molecule has 0 bridgehead atoms. The fraction of sp³-hybridized carbons (Fsp3) is 0.600. The molecule has 100 valence electrons. The van der Waals surface area contributed by atoms with Crippen LogP contribution >= 0.6 is 0 Å². The van der Waals surface area contributed by atoms with Crippen molar-refractivity contribution in [1.82, 2.24) is 0 Å². The molecule has 1 aliphatic rings. The zero-order valence-electron chi connectivity index (χ0n) is 11.4. The Labute approximate surface area is 109 Å². The third-order valence-corrected chi connectivity index (χ3v) is 4.40. The molecule has 0 spiro atoms. The molecule has 3 heteroatoms. The number of anilines is 2. The summed E-state index contributed by atoms with van der Waals surface area (Å²) in [7, 11) is 0. The van der Waals surface area contributed by atoms with E-state index >= 15 is 0 Å². The Hall–Kier alpha value is -1.25. The fourth-order valence-corrected chi connectivity index (χ4v) is 2.91. The number of nitrogens with one attached hydrogen (secondary N) is 1. The molecular formula is C15H23FN2. The first-order chi connectivity index (χ1) is 8.56. The second-order valence-corrected chi connectivity index (χ2v) is 5.60. The summed E-state index contributed by atoms with van der Waals surface area (Å²) in [5.41, 5.74) is 8.28. The summed E-state index contributed by atoms with van der Waals surface area (Å²) in [6.45, 7) is 4.97. The summed E-state index contributed by atoms with van der Waals surface area (Å²) in [4.78, 5) is 0. The number of benzene rings is 1. The lowest BCUT2D eigenvalue weighted by atomic mass is 9.83. The van der Waals surface area contributed by atoms with Gasteiger partial charge in [0.05, 0.1) is 11.4 Å². The van der Waals surface area contributed by atoms with E-state index in [1.165, 1.54) is 38.2 Å². The predicted molar refractivity (Wildman–Crippen MR) is 75.2 cm³/mol. The molecule has 0 aliphatic heterocycles.